The lowest BCUT2D eigenvalue weighted by atomic mass is 9.97. The molecule has 178 valence electrons. The second-order valence-electron chi connectivity index (χ2n) is 7.97. The maximum Gasteiger partial charge on any atom is 0.308 e. The van der Waals surface area contributed by atoms with E-state index in [0.717, 1.165) is 64.6 Å². The van der Waals surface area contributed by atoms with Crippen LogP contribution in [0.4, 0.5) is 5.69 Å². The quantitative estimate of drug-likeness (QED) is 0.250. The number of benzene rings is 1. The van der Waals surface area contributed by atoms with Crippen molar-refractivity contribution < 1.29 is 14.3 Å². The second kappa shape index (κ2) is 13.5. The Balaban J connectivity index is 0.00000363. The number of methoxy groups -OCH3 is 1. The lowest BCUT2D eigenvalue weighted by molar-refractivity contribution is -0.146. The van der Waals surface area contributed by atoms with E-state index in [1.807, 2.05) is 30.0 Å². The molecular weight excluding hydrogens is 521 g/mol. The molecule has 32 heavy (non-hydrogen) atoms. The Hall–Kier alpha value is -2.04. The summed E-state index contributed by atoms with van der Waals surface area (Å²) in [6.45, 7) is 8.02. The molecule has 1 amide bonds. The van der Waals surface area contributed by atoms with Crippen LogP contribution in [-0.4, -0.2) is 87.1 Å². The highest BCUT2D eigenvalue weighted by Crippen LogP contribution is 2.19. The van der Waals surface area contributed by atoms with Crippen molar-refractivity contribution in [2.24, 2.45) is 10.9 Å². The minimum atomic E-state index is -0.125. The molecule has 0 atom stereocenters. The zero-order chi connectivity index (χ0) is 22.1. The summed E-state index contributed by atoms with van der Waals surface area (Å²) >= 11 is 0. The SMILES string of the molecule is CCNC(=NCCC(=O)N1CCN(c2ccccc2)CC1)N1CCC(C(=O)OC)CC1.I. The van der Waals surface area contributed by atoms with Crippen LogP contribution in [0.25, 0.3) is 0 Å². The summed E-state index contributed by atoms with van der Waals surface area (Å²) < 4.78 is 4.87. The van der Waals surface area contributed by atoms with Gasteiger partial charge in [-0.15, -0.1) is 24.0 Å². The number of aliphatic imine (C=N–C) groups is 1. The fraction of sp³-hybridized carbons (Fsp3) is 0.609. The highest BCUT2D eigenvalue weighted by atomic mass is 127. The summed E-state index contributed by atoms with van der Waals surface area (Å²) in [5.74, 6) is 0.837. The molecule has 1 N–H and O–H groups in total. The molecule has 0 unspecified atom stereocenters. The van der Waals surface area contributed by atoms with Crippen molar-refractivity contribution in [1.82, 2.24) is 15.1 Å². The van der Waals surface area contributed by atoms with Crippen LogP contribution in [-0.2, 0) is 14.3 Å². The fourth-order valence-electron chi connectivity index (χ4n) is 4.19. The fourth-order valence-corrected chi connectivity index (χ4v) is 4.19. The number of hydrogen-bond donors (Lipinski definition) is 1. The predicted molar refractivity (Wildman–Crippen MR) is 138 cm³/mol. The van der Waals surface area contributed by atoms with Crippen molar-refractivity contribution in [3.63, 3.8) is 0 Å². The largest absolute Gasteiger partial charge is 0.469 e. The van der Waals surface area contributed by atoms with Crippen LogP contribution >= 0.6 is 24.0 Å². The summed E-state index contributed by atoms with van der Waals surface area (Å²) in [6, 6.07) is 10.3. The average Bonchev–Trinajstić information content (AvgIpc) is 2.83. The number of para-hydroxylation sites is 1. The number of carbonyl (C=O) groups excluding carboxylic acids is 2. The average molecular weight is 557 g/mol. The lowest BCUT2D eigenvalue weighted by Crippen LogP contribution is -2.49. The molecule has 1 aromatic rings. The van der Waals surface area contributed by atoms with Crippen LogP contribution in [0.5, 0.6) is 0 Å². The number of piperazine rings is 1. The van der Waals surface area contributed by atoms with Crippen LogP contribution in [0.15, 0.2) is 35.3 Å². The van der Waals surface area contributed by atoms with Gasteiger partial charge in [-0.05, 0) is 31.9 Å². The number of nitrogens with one attached hydrogen (secondary N) is 1. The zero-order valence-corrected chi connectivity index (χ0v) is 21.5. The third-order valence-corrected chi connectivity index (χ3v) is 6.00. The van der Waals surface area contributed by atoms with Crippen molar-refractivity contribution >= 4 is 47.5 Å². The monoisotopic (exact) mass is 557 g/mol. The van der Waals surface area contributed by atoms with Crippen molar-refractivity contribution in [2.75, 3.05) is 64.4 Å². The molecule has 0 bridgehead atoms. The Bertz CT molecular complexity index is 745. The number of hydrogen-bond acceptors (Lipinski definition) is 5. The van der Waals surface area contributed by atoms with E-state index in [1.54, 1.807) is 0 Å². The molecule has 0 radical (unpaired) electrons. The highest BCUT2D eigenvalue weighted by Gasteiger charge is 2.27. The first kappa shape index (κ1) is 26.2. The van der Waals surface area contributed by atoms with E-state index in [9.17, 15) is 9.59 Å². The normalized spacial score (nSPS) is 17.6. The van der Waals surface area contributed by atoms with Crippen LogP contribution < -0.4 is 10.2 Å². The topological polar surface area (TPSA) is 77.5 Å². The van der Waals surface area contributed by atoms with Gasteiger partial charge in [-0.1, -0.05) is 18.2 Å². The molecule has 3 rings (SSSR count). The van der Waals surface area contributed by atoms with Gasteiger partial charge in [0.15, 0.2) is 5.96 Å². The summed E-state index contributed by atoms with van der Waals surface area (Å²) in [7, 11) is 1.44. The molecular formula is C23H36IN5O3. The number of likely N-dealkylation sites (tertiary alicyclic amines) is 1. The van der Waals surface area contributed by atoms with Gasteiger partial charge < -0.3 is 24.8 Å². The molecule has 2 fully saturated rings. The van der Waals surface area contributed by atoms with E-state index in [-0.39, 0.29) is 41.8 Å². The predicted octanol–water partition coefficient (Wildman–Crippen LogP) is 2.19. The number of ether oxygens (including phenoxy) is 1. The Morgan fingerprint density at radius 1 is 1.03 bits per heavy atom. The molecule has 2 heterocycles. The lowest BCUT2D eigenvalue weighted by Gasteiger charge is -2.36. The maximum atomic E-state index is 12.7. The minimum Gasteiger partial charge on any atom is -0.469 e. The number of nitrogens with zero attached hydrogens (tertiary/aromatic N) is 4. The smallest absolute Gasteiger partial charge is 0.308 e. The van der Waals surface area contributed by atoms with Crippen molar-refractivity contribution in [3.8, 4) is 0 Å². The molecule has 9 heteroatoms. The number of carbonyl (C=O) groups is 2. The van der Waals surface area contributed by atoms with Crippen LogP contribution in [0.3, 0.4) is 0 Å². The molecule has 2 aliphatic heterocycles. The number of piperidine rings is 1. The van der Waals surface area contributed by atoms with E-state index in [1.165, 1.54) is 12.8 Å². The van der Waals surface area contributed by atoms with E-state index in [0.29, 0.717) is 13.0 Å². The second-order valence-corrected chi connectivity index (χ2v) is 7.97. The van der Waals surface area contributed by atoms with Crippen LogP contribution in [0, 0.1) is 5.92 Å². The number of anilines is 1. The van der Waals surface area contributed by atoms with Gasteiger partial charge in [0.25, 0.3) is 0 Å². The molecule has 2 saturated heterocycles. The van der Waals surface area contributed by atoms with Crippen molar-refractivity contribution in [2.45, 2.75) is 26.2 Å². The van der Waals surface area contributed by atoms with Gasteiger partial charge in [0, 0.05) is 57.9 Å². The Kier molecular flexibility index (Phi) is 11.1. The Labute approximate surface area is 208 Å². The van der Waals surface area contributed by atoms with Gasteiger partial charge in [-0.3, -0.25) is 14.6 Å². The van der Waals surface area contributed by atoms with E-state index in [4.69, 9.17) is 4.74 Å². The first-order chi connectivity index (χ1) is 15.1. The number of amides is 1. The standard InChI is InChI=1S/C23H35N5O3.HI/c1-3-24-23(28-13-10-19(11-14-28)22(30)31-2)25-12-9-21(29)27-17-15-26(16-18-27)20-7-5-4-6-8-20;/h4-8,19H,3,9-18H2,1-2H3,(H,24,25);1H. The van der Waals surface area contributed by atoms with E-state index >= 15 is 0 Å². The summed E-state index contributed by atoms with van der Waals surface area (Å²) in [5.41, 5.74) is 1.21. The summed E-state index contributed by atoms with van der Waals surface area (Å²) in [4.78, 5) is 35.5. The van der Waals surface area contributed by atoms with Gasteiger partial charge in [-0.2, -0.15) is 0 Å². The van der Waals surface area contributed by atoms with Gasteiger partial charge in [0.2, 0.25) is 5.91 Å². The number of halogens is 1. The number of guanidine groups is 1. The molecule has 0 aliphatic carbocycles. The van der Waals surface area contributed by atoms with Crippen molar-refractivity contribution in [3.05, 3.63) is 30.3 Å². The molecule has 0 saturated carbocycles. The molecule has 1 aromatic carbocycles. The Morgan fingerprint density at radius 3 is 2.28 bits per heavy atom. The molecule has 0 aromatic heterocycles. The zero-order valence-electron chi connectivity index (χ0n) is 19.2. The highest BCUT2D eigenvalue weighted by molar-refractivity contribution is 14.0. The molecule has 0 spiro atoms. The maximum absolute atomic E-state index is 12.7. The van der Waals surface area contributed by atoms with Crippen molar-refractivity contribution in [1.29, 1.82) is 0 Å². The van der Waals surface area contributed by atoms with Gasteiger partial charge in [-0.25, -0.2) is 0 Å². The first-order valence-corrected chi connectivity index (χ1v) is 11.3. The van der Waals surface area contributed by atoms with Crippen LogP contribution in [0.2, 0.25) is 0 Å². The van der Waals surface area contributed by atoms with Crippen LogP contribution in [0.1, 0.15) is 26.2 Å². The van der Waals surface area contributed by atoms with E-state index in [2.05, 4.69) is 32.2 Å². The third-order valence-electron chi connectivity index (χ3n) is 6.00. The number of esters is 1. The third kappa shape index (κ3) is 7.25. The molecule has 8 nitrogen and oxygen atoms in total. The van der Waals surface area contributed by atoms with Gasteiger partial charge in [0.1, 0.15) is 0 Å². The number of rotatable bonds is 6. The summed E-state index contributed by atoms with van der Waals surface area (Å²) in [6.07, 6.45) is 1.95. The molecule has 2 aliphatic rings. The van der Waals surface area contributed by atoms with E-state index < -0.39 is 0 Å². The van der Waals surface area contributed by atoms with Gasteiger partial charge in [0.05, 0.1) is 19.6 Å². The Morgan fingerprint density at radius 2 is 1.69 bits per heavy atom. The summed E-state index contributed by atoms with van der Waals surface area (Å²) in [5, 5.41) is 3.32. The van der Waals surface area contributed by atoms with Gasteiger partial charge >= 0.3 is 5.97 Å². The minimum absolute atomic E-state index is 0. The first-order valence-electron chi connectivity index (χ1n) is 11.3.